The average molecular weight is 286 g/mol. The van der Waals surface area contributed by atoms with E-state index in [4.69, 9.17) is 31.5 Å². The molecule has 0 saturated carbocycles. The Hall–Kier alpha value is -1.95. The second-order valence-corrected chi connectivity index (χ2v) is 4.33. The summed E-state index contributed by atoms with van der Waals surface area (Å²) in [6.07, 6.45) is -0.538. The van der Waals surface area contributed by atoms with E-state index in [9.17, 15) is 9.59 Å². The Labute approximate surface area is 114 Å². The molecule has 0 spiro atoms. The largest absolute Gasteiger partial charge is 0.496 e. The van der Waals surface area contributed by atoms with E-state index in [0.717, 1.165) is 0 Å². The topological polar surface area (TPSA) is 87.8 Å². The van der Waals surface area contributed by atoms with Crippen molar-refractivity contribution in [2.45, 2.75) is 12.5 Å². The van der Waals surface area contributed by atoms with E-state index in [2.05, 4.69) is 0 Å². The highest BCUT2D eigenvalue weighted by Crippen LogP contribution is 2.30. The minimum absolute atomic E-state index is 0.112. The molecule has 1 fully saturated rings. The summed E-state index contributed by atoms with van der Waals surface area (Å²) in [6.45, 7) is 0.246. The Kier molecular flexibility index (Phi) is 3.80. The molecule has 1 aromatic carbocycles. The number of halogens is 1. The van der Waals surface area contributed by atoms with Crippen LogP contribution in [0.25, 0.3) is 0 Å². The number of anilines is 1. The lowest BCUT2D eigenvalue weighted by Gasteiger charge is -2.12. The van der Waals surface area contributed by atoms with E-state index in [-0.39, 0.29) is 28.6 Å². The van der Waals surface area contributed by atoms with Gasteiger partial charge in [0.05, 0.1) is 24.4 Å². The van der Waals surface area contributed by atoms with Crippen molar-refractivity contribution in [3.05, 3.63) is 22.7 Å². The molecule has 102 valence electrons. The Balaban J connectivity index is 2.23. The van der Waals surface area contributed by atoms with Crippen molar-refractivity contribution in [2.24, 2.45) is 0 Å². The molecule has 0 radical (unpaired) electrons. The van der Waals surface area contributed by atoms with Crippen LogP contribution in [0, 0.1) is 0 Å². The normalized spacial score (nSPS) is 18.0. The Morgan fingerprint density at radius 1 is 1.53 bits per heavy atom. The third kappa shape index (κ3) is 2.73. The van der Waals surface area contributed by atoms with E-state index in [1.807, 2.05) is 0 Å². The van der Waals surface area contributed by atoms with Crippen LogP contribution in [0.5, 0.6) is 5.75 Å². The predicted molar refractivity (Wildman–Crippen MR) is 67.2 cm³/mol. The molecular formula is C12H12ClNO5. The summed E-state index contributed by atoms with van der Waals surface area (Å²) in [5.74, 6) is -1.02. The van der Waals surface area contributed by atoms with Gasteiger partial charge in [-0.1, -0.05) is 11.6 Å². The van der Waals surface area contributed by atoms with Crippen molar-refractivity contribution >= 4 is 29.2 Å². The maximum atomic E-state index is 12.0. The highest BCUT2D eigenvalue weighted by Gasteiger charge is 2.31. The fraction of sp³-hybridized carbons (Fsp3) is 0.333. The summed E-state index contributed by atoms with van der Waals surface area (Å²) >= 11 is 5.85. The zero-order valence-corrected chi connectivity index (χ0v) is 10.9. The molecule has 0 aliphatic carbocycles. The van der Waals surface area contributed by atoms with Crippen molar-refractivity contribution < 1.29 is 23.8 Å². The molecule has 1 aliphatic heterocycles. The first-order valence-corrected chi connectivity index (χ1v) is 5.91. The minimum atomic E-state index is -0.881. The van der Waals surface area contributed by atoms with Crippen LogP contribution < -0.4 is 10.5 Å². The highest BCUT2D eigenvalue weighted by atomic mass is 35.5. The smallest absolute Gasteiger partial charge is 0.347 e. The maximum absolute atomic E-state index is 12.0. The van der Waals surface area contributed by atoms with Crippen LogP contribution >= 0.6 is 11.6 Å². The number of benzene rings is 1. The van der Waals surface area contributed by atoms with E-state index in [0.29, 0.717) is 6.42 Å². The summed E-state index contributed by atoms with van der Waals surface area (Å²) < 4.78 is 14.8. The molecule has 1 aromatic rings. The third-order valence-electron chi connectivity index (χ3n) is 2.68. The van der Waals surface area contributed by atoms with Gasteiger partial charge in [-0.3, -0.25) is 0 Å². The van der Waals surface area contributed by atoms with Crippen molar-refractivity contribution in [2.75, 3.05) is 19.5 Å². The van der Waals surface area contributed by atoms with Gasteiger partial charge >= 0.3 is 11.9 Å². The van der Waals surface area contributed by atoms with Crippen LogP contribution in [-0.4, -0.2) is 31.8 Å². The molecule has 1 saturated heterocycles. The lowest BCUT2D eigenvalue weighted by Crippen LogP contribution is -2.23. The second-order valence-electron chi connectivity index (χ2n) is 3.92. The van der Waals surface area contributed by atoms with Gasteiger partial charge in [0.25, 0.3) is 0 Å². The average Bonchev–Trinajstić information content (AvgIpc) is 2.77. The first kappa shape index (κ1) is 13.5. The first-order valence-electron chi connectivity index (χ1n) is 5.53. The Bertz CT molecular complexity index is 531. The number of cyclic esters (lactones) is 1. The zero-order valence-electron chi connectivity index (χ0n) is 10.1. The number of ether oxygens (including phenoxy) is 3. The minimum Gasteiger partial charge on any atom is -0.496 e. The van der Waals surface area contributed by atoms with Gasteiger partial charge in [-0.05, 0) is 6.07 Å². The molecule has 7 heteroatoms. The molecule has 1 aliphatic rings. The van der Waals surface area contributed by atoms with Gasteiger partial charge in [-0.2, -0.15) is 0 Å². The number of nitrogens with two attached hydrogens (primary N) is 1. The highest BCUT2D eigenvalue weighted by molar-refractivity contribution is 6.33. The maximum Gasteiger partial charge on any atom is 0.347 e. The van der Waals surface area contributed by atoms with E-state index in [1.54, 1.807) is 0 Å². The van der Waals surface area contributed by atoms with Crippen LogP contribution in [0.4, 0.5) is 5.69 Å². The summed E-state index contributed by atoms with van der Waals surface area (Å²) in [4.78, 5) is 23.2. The Morgan fingerprint density at radius 3 is 2.84 bits per heavy atom. The molecule has 1 heterocycles. The summed E-state index contributed by atoms with van der Waals surface area (Å²) in [5.41, 5.74) is 6.01. The van der Waals surface area contributed by atoms with Crippen LogP contribution in [-0.2, 0) is 14.3 Å². The van der Waals surface area contributed by atoms with E-state index >= 15 is 0 Å². The number of hydrogen-bond acceptors (Lipinski definition) is 6. The number of carbonyl (C=O) groups excluding carboxylic acids is 2. The van der Waals surface area contributed by atoms with Gasteiger partial charge in [-0.15, -0.1) is 0 Å². The monoisotopic (exact) mass is 285 g/mol. The summed E-state index contributed by atoms with van der Waals surface area (Å²) in [7, 11) is 1.39. The molecule has 0 aromatic heterocycles. The molecule has 19 heavy (non-hydrogen) atoms. The number of nitrogen functional groups attached to an aromatic ring is 1. The van der Waals surface area contributed by atoms with E-state index < -0.39 is 18.0 Å². The van der Waals surface area contributed by atoms with Gasteiger partial charge in [0.15, 0.2) is 0 Å². The summed E-state index contributed by atoms with van der Waals surface area (Å²) in [5, 5.41) is 0.210. The molecule has 2 N–H and O–H groups in total. The number of hydrogen-bond donors (Lipinski definition) is 1. The van der Waals surface area contributed by atoms with Crippen molar-refractivity contribution in [1.82, 2.24) is 0 Å². The van der Waals surface area contributed by atoms with Gasteiger partial charge in [0.2, 0.25) is 6.10 Å². The molecule has 0 amide bonds. The number of rotatable bonds is 3. The van der Waals surface area contributed by atoms with Crippen LogP contribution in [0.2, 0.25) is 5.02 Å². The van der Waals surface area contributed by atoms with Crippen molar-refractivity contribution in [3.63, 3.8) is 0 Å². The molecule has 6 nitrogen and oxygen atoms in total. The fourth-order valence-corrected chi connectivity index (χ4v) is 1.84. The van der Waals surface area contributed by atoms with Crippen molar-refractivity contribution in [3.8, 4) is 5.75 Å². The lowest BCUT2D eigenvalue weighted by atomic mass is 10.1. The standard InChI is InChI=1S/C12H12ClNO5/c1-17-10-5-8(14)7(13)4-6(10)11(15)19-9-2-3-18-12(9)16/h4-5,9H,2-3,14H2,1H3. The lowest BCUT2D eigenvalue weighted by molar-refractivity contribution is -0.145. The second kappa shape index (κ2) is 5.36. The molecule has 1 unspecified atom stereocenters. The number of esters is 2. The molecule has 0 bridgehead atoms. The third-order valence-corrected chi connectivity index (χ3v) is 3.00. The van der Waals surface area contributed by atoms with Crippen LogP contribution in [0.1, 0.15) is 16.8 Å². The van der Waals surface area contributed by atoms with Crippen LogP contribution in [0.15, 0.2) is 12.1 Å². The van der Waals surface area contributed by atoms with Crippen LogP contribution in [0.3, 0.4) is 0 Å². The fourth-order valence-electron chi connectivity index (χ4n) is 1.67. The zero-order chi connectivity index (χ0) is 14.0. The molecule has 2 rings (SSSR count). The number of carbonyl (C=O) groups is 2. The summed E-state index contributed by atoms with van der Waals surface area (Å²) in [6, 6.07) is 2.77. The van der Waals surface area contributed by atoms with E-state index in [1.165, 1.54) is 19.2 Å². The van der Waals surface area contributed by atoms with Gasteiger partial charge < -0.3 is 19.9 Å². The van der Waals surface area contributed by atoms with Crippen molar-refractivity contribution in [1.29, 1.82) is 0 Å². The Morgan fingerprint density at radius 2 is 2.26 bits per heavy atom. The van der Waals surface area contributed by atoms with Gasteiger partial charge in [0.1, 0.15) is 11.3 Å². The molecule has 1 atom stereocenters. The number of methoxy groups -OCH3 is 1. The van der Waals surface area contributed by atoms with Gasteiger partial charge in [-0.25, -0.2) is 9.59 Å². The predicted octanol–water partition coefficient (Wildman–Crippen LogP) is 1.40. The van der Waals surface area contributed by atoms with Gasteiger partial charge in [0, 0.05) is 12.5 Å². The SMILES string of the molecule is COc1cc(N)c(Cl)cc1C(=O)OC1CCOC1=O. The quantitative estimate of drug-likeness (QED) is 0.667. The first-order chi connectivity index (χ1) is 9.02. The molecular weight excluding hydrogens is 274 g/mol.